The highest BCUT2D eigenvalue weighted by Gasteiger charge is 2.21. The molecule has 0 radical (unpaired) electrons. The summed E-state index contributed by atoms with van der Waals surface area (Å²) in [6.45, 7) is 1.21. The van der Waals surface area contributed by atoms with Gasteiger partial charge < -0.3 is 5.11 Å². The fraction of sp³-hybridized carbons (Fsp3) is 0.111. The van der Waals surface area contributed by atoms with E-state index in [0.29, 0.717) is 5.56 Å². The Morgan fingerprint density at radius 2 is 1.65 bits per heavy atom. The summed E-state index contributed by atoms with van der Waals surface area (Å²) in [5.41, 5.74) is 0.902. The first-order chi connectivity index (χ1) is 12.2. The Balaban J connectivity index is 2.12. The summed E-state index contributed by atoms with van der Waals surface area (Å²) >= 11 is 0. The van der Waals surface area contributed by atoms with Gasteiger partial charge in [-0.15, -0.1) is 0 Å². The van der Waals surface area contributed by atoms with Gasteiger partial charge in [-0.2, -0.15) is 4.72 Å². The number of aliphatic carboxylic acids is 1. The van der Waals surface area contributed by atoms with Gasteiger partial charge in [0, 0.05) is 5.56 Å². The number of halogens is 1. The second kappa shape index (κ2) is 8.03. The summed E-state index contributed by atoms with van der Waals surface area (Å²) in [7, 11) is -4.00. The topological polar surface area (TPSA) is 101 Å². The number of sulfonamides is 1. The Bertz CT molecular complexity index is 935. The van der Waals surface area contributed by atoms with Crippen LogP contribution >= 0.6 is 0 Å². The first-order valence-corrected chi connectivity index (χ1v) is 9.00. The van der Waals surface area contributed by atoms with Crippen molar-refractivity contribution < 1.29 is 27.5 Å². The van der Waals surface area contributed by atoms with Gasteiger partial charge in [-0.1, -0.05) is 18.2 Å². The molecule has 1 atom stereocenters. The number of hydrogen-bond donors (Lipinski definition) is 2. The van der Waals surface area contributed by atoms with E-state index in [4.69, 9.17) is 5.11 Å². The molecule has 8 heteroatoms. The van der Waals surface area contributed by atoms with Gasteiger partial charge in [-0.25, -0.2) is 12.8 Å². The van der Waals surface area contributed by atoms with Crippen LogP contribution in [0.5, 0.6) is 0 Å². The predicted molar refractivity (Wildman–Crippen MR) is 93.6 cm³/mol. The molecule has 0 saturated carbocycles. The van der Waals surface area contributed by atoms with Crippen LogP contribution in [0.15, 0.2) is 59.5 Å². The number of carboxylic acids is 1. The van der Waals surface area contributed by atoms with Crippen molar-refractivity contribution in [1.29, 1.82) is 0 Å². The van der Waals surface area contributed by atoms with Gasteiger partial charge >= 0.3 is 5.97 Å². The smallest absolute Gasteiger partial charge is 0.321 e. The highest BCUT2D eigenvalue weighted by Crippen LogP contribution is 2.13. The van der Waals surface area contributed by atoms with Gasteiger partial charge in [0.1, 0.15) is 11.9 Å². The number of allylic oxidation sites excluding steroid dienone is 1. The molecule has 26 heavy (non-hydrogen) atoms. The lowest BCUT2D eigenvalue weighted by molar-refractivity contribution is -0.138. The number of carbonyl (C=O) groups excluding carboxylic acids is 1. The minimum Gasteiger partial charge on any atom is -0.480 e. The highest BCUT2D eigenvalue weighted by atomic mass is 32.2. The number of carbonyl (C=O) groups is 2. The number of hydrogen-bond acceptors (Lipinski definition) is 4. The van der Waals surface area contributed by atoms with E-state index in [1.54, 1.807) is 0 Å². The number of benzene rings is 2. The average Bonchev–Trinajstić information content (AvgIpc) is 2.60. The molecule has 0 aliphatic rings. The molecule has 0 fully saturated rings. The molecule has 0 bridgehead atoms. The third-order valence-electron chi connectivity index (χ3n) is 3.45. The first kappa shape index (κ1) is 19.5. The normalized spacial score (nSPS) is 12.8. The molecule has 0 aliphatic heterocycles. The zero-order chi connectivity index (χ0) is 19.3. The van der Waals surface area contributed by atoms with Crippen molar-refractivity contribution in [3.8, 4) is 0 Å². The summed E-state index contributed by atoms with van der Waals surface area (Å²) in [5.74, 6) is -2.03. The molecule has 2 aromatic carbocycles. The Kier molecular flexibility index (Phi) is 6.01. The maximum atomic E-state index is 12.8. The van der Waals surface area contributed by atoms with Crippen LogP contribution in [0.3, 0.4) is 0 Å². The Morgan fingerprint density at radius 3 is 2.19 bits per heavy atom. The molecule has 0 amide bonds. The van der Waals surface area contributed by atoms with Gasteiger partial charge in [-0.3, -0.25) is 9.59 Å². The lowest BCUT2D eigenvalue weighted by atomic mass is 10.1. The Morgan fingerprint density at radius 1 is 1.08 bits per heavy atom. The molecule has 6 nitrogen and oxygen atoms in total. The van der Waals surface area contributed by atoms with Crippen LogP contribution in [0.25, 0.3) is 6.08 Å². The van der Waals surface area contributed by atoms with Crippen LogP contribution in [0.1, 0.15) is 22.8 Å². The van der Waals surface area contributed by atoms with Gasteiger partial charge in [0.2, 0.25) is 10.0 Å². The van der Waals surface area contributed by atoms with Crippen molar-refractivity contribution in [3.63, 3.8) is 0 Å². The zero-order valence-electron chi connectivity index (χ0n) is 13.7. The van der Waals surface area contributed by atoms with E-state index in [-0.39, 0.29) is 22.1 Å². The third-order valence-corrected chi connectivity index (χ3v) is 5.01. The van der Waals surface area contributed by atoms with Crippen molar-refractivity contribution >= 4 is 27.9 Å². The van der Waals surface area contributed by atoms with Gasteiger partial charge in [0.15, 0.2) is 5.78 Å². The second-order valence-electron chi connectivity index (χ2n) is 5.45. The minimum absolute atomic E-state index is 0.148. The van der Waals surface area contributed by atoms with Crippen molar-refractivity contribution in [2.45, 2.75) is 17.9 Å². The number of rotatable bonds is 7. The van der Waals surface area contributed by atoms with Crippen molar-refractivity contribution in [1.82, 2.24) is 4.72 Å². The Labute approximate surface area is 150 Å². The summed E-state index contributed by atoms with van der Waals surface area (Å²) in [5, 5.41) is 8.78. The number of carboxylic acid groups (broad SMARTS) is 1. The molecular weight excluding hydrogens is 361 g/mol. The summed E-state index contributed by atoms with van der Waals surface area (Å²) in [6.07, 6.45) is 2.81. The summed E-state index contributed by atoms with van der Waals surface area (Å²) < 4.78 is 39.0. The Hall–Kier alpha value is -2.84. The maximum Gasteiger partial charge on any atom is 0.321 e. The van der Waals surface area contributed by atoms with Gasteiger partial charge in [-0.05, 0) is 55.0 Å². The van der Waals surface area contributed by atoms with E-state index in [1.807, 2.05) is 4.72 Å². The largest absolute Gasteiger partial charge is 0.480 e. The van der Waals surface area contributed by atoms with Crippen LogP contribution in [0.2, 0.25) is 0 Å². The molecule has 1 unspecified atom stereocenters. The predicted octanol–water partition coefficient (Wildman–Crippen LogP) is 2.47. The first-order valence-electron chi connectivity index (χ1n) is 7.52. The molecule has 2 aromatic rings. The standard InChI is InChI=1S/C18H16FNO5S/c1-12(18(22)23)20-26(24,25)16-9-5-14(6-10-16)17(21)11-4-13-2-7-15(19)8-3-13/h2-12,20H,1H3,(H,22,23)/b11-4+. The molecule has 2 rings (SSSR count). The number of ketones is 1. The monoisotopic (exact) mass is 377 g/mol. The van der Waals surface area contributed by atoms with Crippen molar-refractivity contribution in [2.24, 2.45) is 0 Å². The molecule has 0 aliphatic carbocycles. The maximum absolute atomic E-state index is 12.8. The van der Waals surface area contributed by atoms with Crippen LogP contribution in [-0.2, 0) is 14.8 Å². The van der Waals surface area contributed by atoms with Crippen LogP contribution in [0.4, 0.5) is 4.39 Å². The lowest BCUT2D eigenvalue weighted by Gasteiger charge is -2.10. The molecule has 0 aromatic heterocycles. The summed E-state index contributed by atoms with van der Waals surface area (Å²) in [6, 6.07) is 9.40. The SMILES string of the molecule is CC(NS(=O)(=O)c1ccc(C(=O)/C=C/c2ccc(F)cc2)cc1)C(=O)O. The van der Waals surface area contributed by atoms with Crippen LogP contribution in [0, 0.1) is 5.82 Å². The molecule has 136 valence electrons. The fourth-order valence-electron chi connectivity index (χ4n) is 1.99. The summed E-state index contributed by atoms with van der Waals surface area (Å²) in [4.78, 5) is 22.7. The van der Waals surface area contributed by atoms with Crippen molar-refractivity contribution in [2.75, 3.05) is 0 Å². The van der Waals surface area contributed by atoms with Crippen molar-refractivity contribution in [3.05, 3.63) is 71.6 Å². The number of nitrogens with one attached hydrogen (secondary N) is 1. The molecule has 2 N–H and O–H groups in total. The van der Waals surface area contributed by atoms with Crippen LogP contribution in [-0.4, -0.2) is 31.3 Å². The second-order valence-corrected chi connectivity index (χ2v) is 7.17. The molecule has 0 saturated heterocycles. The molecule has 0 spiro atoms. The lowest BCUT2D eigenvalue weighted by Crippen LogP contribution is -2.38. The van der Waals surface area contributed by atoms with Crippen LogP contribution < -0.4 is 4.72 Å². The molecule has 0 heterocycles. The average molecular weight is 377 g/mol. The van der Waals surface area contributed by atoms with Gasteiger partial charge in [0.05, 0.1) is 4.90 Å². The fourth-order valence-corrected chi connectivity index (χ4v) is 3.19. The minimum atomic E-state index is -4.00. The van der Waals surface area contributed by atoms with E-state index in [9.17, 15) is 22.4 Å². The van der Waals surface area contributed by atoms with E-state index in [1.165, 1.54) is 67.6 Å². The van der Waals surface area contributed by atoms with E-state index in [0.717, 1.165) is 0 Å². The van der Waals surface area contributed by atoms with E-state index in [2.05, 4.69) is 0 Å². The van der Waals surface area contributed by atoms with E-state index >= 15 is 0 Å². The highest BCUT2D eigenvalue weighted by molar-refractivity contribution is 7.89. The third kappa shape index (κ3) is 5.08. The van der Waals surface area contributed by atoms with Gasteiger partial charge in [0.25, 0.3) is 0 Å². The zero-order valence-corrected chi connectivity index (χ0v) is 14.5. The van der Waals surface area contributed by atoms with E-state index < -0.39 is 22.0 Å². The molecular formula is C18H16FNO5S. The quantitative estimate of drug-likeness (QED) is 0.570.